The summed E-state index contributed by atoms with van der Waals surface area (Å²) >= 11 is 1.72. The lowest BCUT2D eigenvalue weighted by atomic mass is 9.87. The highest BCUT2D eigenvalue weighted by molar-refractivity contribution is 8.01. The van der Waals surface area contributed by atoms with E-state index < -0.39 is 0 Å². The zero-order valence-electron chi connectivity index (χ0n) is 23.9. The van der Waals surface area contributed by atoms with Crippen LogP contribution in [0.3, 0.4) is 0 Å². The van der Waals surface area contributed by atoms with Gasteiger partial charge < -0.3 is 9.53 Å². The molecule has 200 valence electrons. The number of benzene rings is 1. The van der Waals surface area contributed by atoms with Crippen molar-refractivity contribution in [1.82, 2.24) is 0 Å². The van der Waals surface area contributed by atoms with Crippen LogP contribution in [0.4, 0.5) is 0 Å². The maximum atomic E-state index is 10.5. The van der Waals surface area contributed by atoms with E-state index in [2.05, 4.69) is 62.8 Å². The number of rotatable bonds is 8. The predicted molar refractivity (Wildman–Crippen MR) is 156 cm³/mol. The molecule has 1 aromatic carbocycles. The molecule has 0 spiro atoms. The number of aldehydes is 1. The molecule has 2 rings (SSSR count). The molecule has 1 aromatic rings. The van der Waals surface area contributed by atoms with Crippen LogP contribution in [-0.2, 0) is 20.7 Å². The molecule has 2 atom stereocenters. The van der Waals surface area contributed by atoms with E-state index in [-0.39, 0.29) is 11.9 Å². The molecule has 0 saturated carbocycles. The van der Waals surface area contributed by atoms with Gasteiger partial charge >= 0.3 is 5.97 Å². The van der Waals surface area contributed by atoms with Crippen LogP contribution in [0.2, 0.25) is 0 Å². The van der Waals surface area contributed by atoms with Crippen molar-refractivity contribution >= 4 is 24.0 Å². The van der Waals surface area contributed by atoms with Crippen molar-refractivity contribution in [3.8, 4) is 0 Å². The smallest absolute Gasteiger partial charge is 0.305 e. The van der Waals surface area contributed by atoms with Gasteiger partial charge in [-0.2, -0.15) is 0 Å². The average molecular weight is 505 g/mol. The number of methoxy groups -OCH3 is 1. The zero-order chi connectivity index (χ0) is 27.1. The second-order valence-electron chi connectivity index (χ2n) is 9.34. The van der Waals surface area contributed by atoms with Crippen LogP contribution in [0.5, 0.6) is 0 Å². The molecule has 2 unspecified atom stereocenters. The minimum Gasteiger partial charge on any atom is -0.469 e. The summed E-state index contributed by atoms with van der Waals surface area (Å²) in [6, 6.07) is 8.54. The molecule has 3 nitrogen and oxygen atoms in total. The molecule has 1 aliphatic rings. The standard InChI is InChI=1S/C13H18O.C10H18.C4H8O2.C4H8S/c1-10(2)13-6-4-12(5-7-13)8-11(3)9-14;1-3-5-10-7-4-6-9(2)8-10;1-3-4(5)6-2;1-3-4-5-2/h4-7,9-11H,8H2,1-3H3;6,10H,3-5,7-8H2,1-2H3;3H2,1-2H3;3-4H,1-2H3. The monoisotopic (exact) mass is 504 g/mol. The molecule has 0 aromatic heterocycles. The fourth-order valence-electron chi connectivity index (χ4n) is 3.60. The van der Waals surface area contributed by atoms with Gasteiger partial charge in [-0.3, -0.25) is 4.79 Å². The Morgan fingerprint density at radius 3 is 2.14 bits per heavy atom. The molecule has 0 heterocycles. The molecule has 4 heteroatoms. The summed E-state index contributed by atoms with van der Waals surface area (Å²) < 4.78 is 4.26. The number of allylic oxidation sites excluding steroid dienone is 3. The minimum absolute atomic E-state index is 0.125. The summed E-state index contributed by atoms with van der Waals surface area (Å²) in [7, 11) is 1.38. The number of hydrogen-bond donors (Lipinski definition) is 0. The number of esters is 1. The molecule has 0 aliphatic heterocycles. The van der Waals surface area contributed by atoms with Crippen molar-refractivity contribution < 1.29 is 14.3 Å². The Morgan fingerprint density at radius 2 is 1.80 bits per heavy atom. The molecule has 35 heavy (non-hydrogen) atoms. The fraction of sp³-hybridized carbons (Fsp3) is 0.613. The van der Waals surface area contributed by atoms with Gasteiger partial charge in [-0.25, -0.2) is 0 Å². The Hall–Kier alpha value is -1.81. The van der Waals surface area contributed by atoms with Gasteiger partial charge in [0, 0.05) is 12.3 Å². The van der Waals surface area contributed by atoms with E-state index in [0.29, 0.717) is 12.3 Å². The lowest BCUT2D eigenvalue weighted by molar-refractivity contribution is -0.140. The van der Waals surface area contributed by atoms with Crippen molar-refractivity contribution in [3.63, 3.8) is 0 Å². The third-order valence-corrected chi connectivity index (χ3v) is 6.14. The van der Waals surface area contributed by atoms with Crippen LogP contribution in [0.1, 0.15) is 104 Å². The Morgan fingerprint density at radius 1 is 1.17 bits per heavy atom. The van der Waals surface area contributed by atoms with Crippen LogP contribution in [-0.4, -0.2) is 25.6 Å². The molecular formula is C31H52O3S. The Kier molecular flexibility index (Phi) is 24.2. The Labute approximate surface area is 221 Å². The van der Waals surface area contributed by atoms with Crippen molar-refractivity contribution in [3.05, 3.63) is 58.5 Å². The predicted octanol–water partition coefficient (Wildman–Crippen LogP) is 9.17. The quantitative estimate of drug-likeness (QED) is 0.201. The summed E-state index contributed by atoms with van der Waals surface area (Å²) in [5.74, 6) is 1.55. The number of carbonyl (C=O) groups excluding carboxylic acids is 2. The molecule has 0 fully saturated rings. The molecule has 0 radical (unpaired) electrons. The number of carbonyl (C=O) groups is 2. The van der Waals surface area contributed by atoms with E-state index in [4.69, 9.17) is 0 Å². The number of hydrogen-bond acceptors (Lipinski definition) is 4. The SMILES string of the molecule is CC(C=O)Cc1ccc(C(C)C)cc1.CC=CSC.CCC(=O)OC.CCCC1CCC=C(C)C1. The second kappa shape index (κ2) is 23.9. The minimum atomic E-state index is -0.157. The molecule has 0 saturated heterocycles. The van der Waals surface area contributed by atoms with Crippen LogP contribution < -0.4 is 0 Å². The highest BCUT2D eigenvalue weighted by Crippen LogP contribution is 2.26. The largest absolute Gasteiger partial charge is 0.469 e. The highest BCUT2D eigenvalue weighted by Gasteiger charge is 2.11. The van der Waals surface area contributed by atoms with Crippen LogP contribution in [0.15, 0.2) is 47.4 Å². The van der Waals surface area contributed by atoms with E-state index >= 15 is 0 Å². The van der Waals surface area contributed by atoms with E-state index in [1.165, 1.54) is 50.3 Å². The molecule has 0 amide bonds. The van der Waals surface area contributed by atoms with Crippen molar-refractivity contribution in [2.24, 2.45) is 11.8 Å². The Balaban J connectivity index is 0. The van der Waals surface area contributed by atoms with Crippen LogP contribution >= 0.6 is 11.8 Å². The summed E-state index contributed by atoms with van der Waals surface area (Å²) in [5, 5.41) is 2.04. The molecular weight excluding hydrogens is 452 g/mol. The molecule has 0 N–H and O–H groups in total. The summed E-state index contributed by atoms with van der Waals surface area (Å²) in [6.45, 7) is 14.6. The van der Waals surface area contributed by atoms with E-state index in [1.54, 1.807) is 24.3 Å². The highest BCUT2D eigenvalue weighted by atomic mass is 32.2. The van der Waals surface area contributed by atoms with Crippen LogP contribution in [0.25, 0.3) is 0 Å². The van der Waals surface area contributed by atoms with Gasteiger partial charge in [0.2, 0.25) is 0 Å². The maximum Gasteiger partial charge on any atom is 0.305 e. The first-order valence-electron chi connectivity index (χ1n) is 13.1. The van der Waals surface area contributed by atoms with Gasteiger partial charge in [-0.1, -0.05) is 89.5 Å². The first-order chi connectivity index (χ1) is 16.7. The zero-order valence-corrected chi connectivity index (χ0v) is 24.8. The van der Waals surface area contributed by atoms with Crippen molar-refractivity contribution in [2.75, 3.05) is 13.4 Å². The van der Waals surface area contributed by atoms with Crippen molar-refractivity contribution in [2.45, 2.75) is 99.3 Å². The second-order valence-corrected chi connectivity index (χ2v) is 10.1. The van der Waals surface area contributed by atoms with Crippen LogP contribution in [0, 0.1) is 11.8 Å². The molecule has 1 aliphatic carbocycles. The van der Waals surface area contributed by atoms with E-state index in [0.717, 1.165) is 18.6 Å². The normalized spacial score (nSPS) is 15.4. The third-order valence-electron chi connectivity index (χ3n) is 5.60. The van der Waals surface area contributed by atoms with Crippen molar-refractivity contribution in [1.29, 1.82) is 0 Å². The lowest BCUT2D eigenvalue weighted by Gasteiger charge is -2.19. The number of thioether (sulfide) groups is 1. The summed E-state index contributed by atoms with van der Waals surface area (Å²) in [5.41, 5.74) is 4.21. The van der Waals surface area contributed by atoms with Gasteiger partial charge in [-0.15, -0.1) is 11.8 Å². The number of ether oxygens (including phenoxy) is 1. The average Bonchev–Trinajstić information content (AvgIpc) is 2.85. The first-order valence-corrected chi connectivity index (χ1v) is 14.4. The fourth-order valence-corrected chi connectivity index (χ4v) is 3.87. The first kappa shape index (κ1) is 35.4. The van der Waals surface area contributed by atoms with Gasteiger partial charge in [0.15, 0.2) is 0 Å². The van der Waals surface area contributed by atoms with Gasteiger partial charge in [0.1, 0.15) is 6.29 Å². The lowest BCUT2D eigenvalue weighted by Crippen LogP contribution is -2.04. The summed E-state index contributed by atoms with van der Waals surface area (Å²) in [4.78, 5) is 20.4. The van der Waals surface area contributed by atoms with Gasteiger partial charge in [0.05, 0.1) is 7.11 Å². The van der Waals surface area contributed by atoms with Gasteiger partial charge in [0.25, 0.3) is 0 Å². The van der Waals surface area contributed by atoms with E-state index in [9.17, 15) is 9.59 Å². The van der Waals surface area contributed by atoms with Gasteiger partial charge in [-0.05, 0) is 74.2 Å². The van der Waals surface area contributed by atoms with E-state index in [1.807, 2.05) is 31.6 Å². The Bertz CT molecular complexity index is 698. The maximum absolute atomic E-state index is 10.5. The topological polar surface area (TPSA) is 43.4 Å². The summed E-state index contributed by atoms with van der Waals surface area (Å²) in [6.07, 6.45) is 15.7. The third kappa shape index (κ3) is 21.2. The molecule has 0 bridgehead atoms.